The van der Waals surface area contributed by atoms with Gasteiger partial charge in [-0.15, -0.1) is 0 Å². The Balaban J connectivity index is 1.99. The van der Waals surface area contributed by atoms with E-state index < -0.39 is 5.41 Å². The molecule has 2 aromatic rings. The van der Waals surface area contributed by atoms with Gasteiger partial charge in [0.15, 0.2) is 0 Å². The van der Waals surface area contributed by atoms with Crippen LogP contribution in [-0.2, 0) is 9.53 Å². The number of methoxy groups -OCH3 is 1. The van der Waals surface area contributed by atoms with Crippen molar-refractivity contribution in [3.05, 3.63) is 30.1 Å². The van der Waals surface area contributed by atoms with Gasteiger partial charge in [-0.1, -0.05) is 11.6 Å². The van der Waals surface area contributed by atoms with Crippen LogP contribution < -0.4 is 4.90 Å². The van der Waals surface area contributed by atoms with E-state index in [4.69, 9.17) is 4.74 Å². The number of rotatable bonds is 2. The number of esters is 1. The van der Waals surface area contributed by atoms with E-state index in [9.17, 15) is 4.79 Å². The smallest absolute Gasteiger partial charge is 0.313 e. The van der Waals surface area contributed by atoms with Crippen LogP contribution in [-0.4, -0.2) is 36.1 Å². The highest BCUT2D eigenvalue weighted by molar-refractivity contribution is 5.90. The predicted octanol–water partition coefficient (Wildman–Crippen LogP) is 2.33. The Morgan fingerprint density at radius 2 is 2.19 bits per heavy atom. The van der Waals surface area contributed by atoms with Gasteiger partial charge in [0, 0.05) is 18.5 Å². The zero-order chi connectivity index (χ0) is 15.0. The molecule has 0 aliphatic carbocycles. The van der Waals surface area contributed by atoms with Gasteiger partial charge in [0.2, 0.25) is 0 Å². The number of aryl methyl sites for hydroxylation is 1. The van der Waals surface area contributed by atoms with Gasteiger partial charge >= 0.3 is 5.97 Å². The Bertz CT molecular complexity index is 701. The molecule has 1 fully saturated rings. The standard InChI is InChI=1S/C16H19N3O2/c1-11-4-5-13-12(8-11)14(18-10-17-13)19-7-6-16(2,9-19)15(20)21-3/h4-5,8,10H,6-7,9H2,1-3H3. The third-order valence-corrected chi connectivity index (χ3v) is 4.22. The number of carbonyl (C=O) groups excluding carboxylic acids is 1. The normalized spacial score (nSPS) is 21.8. The first-order valence-electron chi connectivity index (χ1n) is 7.08. The first-order valence-corrected chi connectivity index (χ1v) is 7.08. The van der Waals surface area contributed by atoms with E-state index in [0.29, 0.717) is 6.54 Å². The summed E-state index contributed by atoms with van der Waals surface area (Å²) in [7, 11) is 1.44. The summed E-state index contributed by atoms with van der Waals surface area (Å²) in [5.41, 5.74) is 1.64. The molecule has 1 saturated heterocycles. The van der Waals surface area contributed by atoms with Crippen molar-refractivity contribution in [2.75, 3.05) is 25.1 Å². The van der Waals surface area contributed by atoms with Gasteiger partial charge in [-0.05, 0) is 32.4 Å². The highest BCUT2D eigenvalue weighted by Crippen LogP contribution is 2.35. The average molecular weight is 285 g/mol. The summed E-state index contributed by atoms with van der Waals surface area (Å²) in [4.78, 5) is 22.9. The molecule has 110 valence electrons. The number of hydrogen-bond donors (Lipinski definition) is 0. The van der Waals surface area contributed by atoms with E-state index >= 15 is 0 Å². The maximum absolute atomic E-state index is 11.9. The monoisotopic (exact) mass is 285 g/mol. The molecule has 2 heterocycles. The molecule has 0 radical (unpaired) electrons. The van der Waals surface area contributed by atoms with Crippen LogP contribution in [0.5, 0.6) is 0 Å². The number of aromatic nitrogens is 2. The summed E-state index contributed by atoms with van der Waals surface area (Å²) in [6.45, 7) is 5.43. The minimum Gasteiger partial charge on any atom is -0.469 e. The van der Waals surface area contributed by atoms with Crippen molar-refractivity contribution in [2.24, 2.45) is 5.41 Å². The average Bonchev–Trinajstić information content (AvgIpc) is 2.89. The quantitative estimate of drug-likeness (QED) is 0.793. The minimum absolute atomic E-state index is 0.153. The van der Waals surface area contributed by atoms with Crippen LogP contribution in [0.3, 0.4) is 0 Å². The number of benzene rings is 1. The molecule has 21 heavy (non-hydrogen) atoms. The Kier molecular flexibility index (Phi) is 3.27. The minimum atomic E-state index is -0.462. The van der Waals surface area contributed by atoms with Crippen LogP contribution in [0.25, 0.3) is 10.9 Å². The highest BCUT2D eigenvalue weighted by Gasteiger charge is 2.42. The molecule has 5 heteroatoms. The second-order valence-electron chi connectivity index (χ2n) is 5.94. The molecule has 1 aliphatic rings. The molecule has 1 aromatic carbocycles. The van der Waals surface area contributed by atoms with Crippen molar-refractivity contribution in [3.63, 3.8) is 0 Å². The Hall–Kier alpha value is -2.17. The zero-order valence-electron chi connectivity index (χ0n) is 12.6. The van der Waals surface area contributed by atoms with Crippen LogP contribution in [0.15, 0.2) is 24.5 Å². The van der Waals surface area contributed by atoms with E-state index in [1.807, 2.05) is 19.1 Å². The largest absolute Gasteiger partial charge is 0.469 e. The first kappa shape index (κ1) is 13.8. The summed E-state index contributed by atoms with van der Waals surface area (Å²) >= 11 is 0. The fraction of sp³-hybridized carbons (Fsp3) is 0.438. The first-order chi connectivity index (χ1) is 10.0. The molecule has 0 bridgehead atoms. The number of hydrogen-bond acceptors (Lipinski definition) is 5. The van der Waals surface area contributed by atoms with Crippen LogP contribution in [0, 0.1) is 12.3 Å². The highest BCUT2D eigenvalue weighted by atomic mass is 16.5. The molecule has 0 spiro atoms. The van der Waals surface area contributed by atoms with E-state index in [1.165, 1.54) is 12.7 Å². The van der Waals surface area contributed by atoms with Crippen LogP contribution in [0.1, 0.15) is 18.9 Å². The van der Waals surface area contributed by atoms with E-state index in [0.717, 1.165) is 29.7 Å². The van der Waals surface area contributed by atoms with Crippen molar-refractivity contribution in [1.29, 1.82) is 0 Å². The maximum atomic E-state index is 11.9. The van der Waals surface area contributed by atoms with Crippen molar-refractivity contribution in [3.8, 4) is 0 Å². The van der Waals surface area contributed by atoms with Crippen molar-refractivity contribution in [2.45, 2.75) is 20.3 Å². The third kappa shape index (κ3) is 2.33. The van der Waals surface area contributed by atoms with Gasteiger partial charge < -0.3 is 9.64 Å². The second-order valence-corrected chi connectivity index (χ2v) is 5.94. The lowest BCUT2D eigenvalue weighted by atomic mass is 9.90. The van der Waals surface area contributed by atoms with E-state index in [2.05, 4.69) is 27.9 Å². The van der Waals surface area contributed by atoms with Gasteiger partial charge in [-0.3, -0.25) is 4.79 Å². The number of ether oxygens (including phenoxy) is 1. The fourth-order valence-electron chi connectivity index (χ4n) is 2.96. The number of carbonyl (C=O) groups is 1. The van der Waals surface area contributed by atoms with E-state index in [1.54, 1.807) is 6.33 Å². The van der Waals surface area contributed by atoms with Crippen LogP contribution in [0.4, 0.5) is 5.82 Å². The van der Waals surface area contributed by atoms with Crippen LogP contribution >= 0.6 is 0 Å². The molecule has 1 aliphatic heterocycles. The zero-order valence-corrected chi connectivity index (χ0v) is 12.6. The molecule has 0 N–H and O–H groups in total. The summed E-state index contributed by atoms with van der Waals surface area (Å²) in [5.74, 6) is 0.746. The maximum Gasteiger partial charge on any atom is 0.313 e. The summed E-state index contributed by atoms with van der Waals surface area (Å²) in [6.07, 6.45) is 2.36. The number of fused-ring (bicyclic) bond motifs is 1. The Morgan fingerprint density at radius 1 is 1.38 bits per heavy atom. The molecule has 3 rings (SSSR count). The van der Waals surface area contributed by atoms with Crippen molar-refractivity contribution in [1.82, 2.24) is 9.97 Å². The molecule has 0 saturated carbocycles. The second kappa shape index (κ2) is 4.98. The molecule has 1 aromatic heterocycles. The molecule has 1 unspecified atom stereocenters. The van der Waals surface area contributed by atoms with Crippen molar-refractivity contribution < 1.29 is 9.53 Å². The molecule has 0 amide bonds. The van der Waals surface area contributed by atoms with Gasteiger partial charge in [-0.25, -0.2) is 9.97 Å². The van der Waals surface area contributed by atoms with Gasteiger partial charge in [0.05, 0.1) is 18.0 Å². The predicted molar refractivity (Wildman–Crippen MR) is 81.2 cm³/mol. The fourth-order valence-corrected chi connectivity index (χ4v) is 2.96. The molecule has 1 atom stereocenters. The lowest BCUT2D eigenvalue weighted by molar-refractivity contribution is -0.150. The Morgan fingerprint density at radius 3 is 2.95 bits per heavy atom. The van der Waals surface area contributed by atoms with E-state index in [-0.39, 0.29) is 5.97 Å². The summed E-state index contributed by atoms with van der Waals surface area (Å²) < 4.78 is 4.93. The lowest BCUT2D eigenvalue weighted by Crippen LogP contribution is -2.33. The lowest BCUT2D eigenvalue weighted by Gasteiger charge is -2.23. The molecule has 5 nitrogen and oxygen atoms in total. The SMILES string of the molecule is COC(=O)C1(C)CCN(c2ncnc3ccc(C)cc23)C1. The number of anilines is 1. The third-order valence-electron chi connectivity index (χ3n) is 4.22. The van der Waals surface area contributed by atoms with Gasteiger partial charge in [0.25, 0.3) is 0 Å². The number of nitrogens with zero attached hydrogens (tertiary/aromatic N) is 3. The summed E-state index contributed by atoms with van der Waals surface area (Å²) in [5, 5.41) is 1.03. The topological polar surface area (TPSA) is 55.3 Å². The van der Waals surface area contributed by atoms with Gasteiger partial charge in [-0.2, -0.15) is 0 Å². The molecular formula is C16H19N3O2. The molecular weight excluding hydrogens is 266 g/mol. The van der Waals surface area contributed by atoms with Crippen molar-refractivity contribution >= 4 is 22.7 Å². The Labute approximate surface area is 124 Å². The van der Waals surface area contributed by atoms with Gasteiger partial charge in [0.1, 0.15) is 12.1 Å². The summed E-state index contributed by atoms with van der Waals surface area (Å²) in [6, 6.07) is 6.14. The van der Waals surface area contributed by atoms with Crippen LogP contribution in [0.2, 0.25) is 0 Å².